The van der Waals surface area contributed by atoms with Gasteiger partial charge in [-0.2, -0.15) is 9.50 Å². The van der Waals surface area contributed by atoms with Crippen molar-refractivity contribution in [2.45, 2.75) is 13.5 Å². The summed E-state index contributed by atoms with van der Waals surface area (Å²) in [7, 11) is 0. The number of benzene rings is 1. The zero-order valence-corrected chi connectivity index (χ0v) is 13.0. The Labute approximate surface area is 136 Å². The molecule has 3 heterocycles. The molecule has 0 saturated heterocycles. The van der Waals surface area contributed by atoms with E-state index in [0.717, 1.165) is 5.56 Å². The van der Waals surface area contributed by atoms with Crippen molar-refractivity contribution in [3.05, 3.63) is 69.5 Å². The number of halogens is 1. The third kappa shape index (κ3) is 2.27. The Kier molecular flexibility index (Phi) is 3.12. The molecule has 4 aromatic rings. The van der Waals surface area contributed by atoms with Crippen molar-refractivity contribution in [3.8, 4) is 0 Å². The Morgan fingerprint density at radius 3 is 2.87 bits per heavy atom. The number of hydrogen-bond acceptors (Lipinski definition) is 4. The molecule has 114 valence electrons. The summed E-state index contributed by atoms with van der Waals surface area (Å²) in [5.74, 6) is 1.10. The molecule has 0 saturated carbocycles. The Hall–Kier alpha value is -2.73. The van der Waals surface area contributed by atoms with Crippen LogP contribution in [0.4, 0.5) is 0 Å². The number of aryl methyl sites for hydroxylation is 1. The molecular formula is C16H12ClN5O. The molecule has 0 N–H and O–H groups in total. The van der Waals surface area contributed by atoms with Gasteiger partial charge in [0.1, 0.15) is 5.82 Å². The van der Waals surface area contributed by atoms with Gasteiger partial charge in [-0.05, 0) is 24.6 Å². The molecule has 4 rings (SSSR count). The summed E-state index contributed by atoms with van der Waals surface area (Å²) in [6.07, 6.45) is 3.29. The van der Waals surface area contributed by atoms with Crippen LogP contribution in [0.2, 0.25) is 5.02 Å². The monoisotopic (exact) mass is 325 g/mol. The molecule has 1 aromatic carbocycles. The minimum absolute atomic E-state index is 0.134. The number of aromatic nitrogens is 5. The molecule has 0 aliphatic heterocycles. The maximum atomic E-state index is 12.7. The zero-order chi connectivity index (χ0) is 16.0. The lowest BCUT2D eigenvalue weighted by molar-refractivity contribution is 0.765. The first-order valence-electron chi connectivity index (χ1n) is 7.08. The Balaban J connectivity index is 1.90. The van der Waals surface area contributed by atoms with Gasteiger partial charge in [-0.15, -0.1) is 5.10 Å². The zero-order valence-electron chi connectivity index (χ0n) is 12.3. The molecule has 6 nitrogen and oxygen atoms in total. The summed E-state index contributed by atoms with van der Waals surface area (Å²) in [5.41, 5.74) is 1.45. The molecule has 7 heteroatoms. The molecule has 0 unspecified atom stereocenters. The van der Waals surface area contributed by atoms with Crippen molar-refractivity contribution in [2.75, 3.05) is 0 Å². The molecule has 0 spiro atoms. The summed E-state index contributed by atoms with van der Waals surface area (Å²) in [4.78, 5) is 21.1. The first kappa shape index (κ1) is 13.9. The number of hydrogen-bond donors (Lipinski definition) is 0. The van der Waals surface area contributed by atoms with Crippen molar-refractivity contribution in [2.24, 2.45) is 0 Å². The van der Waals surface area contributed by atoms with E-state index in [2.05, 4.69) is 15.1 Å². The number of pyridine rings is 1. The standard InChI is InChI=1S/C16H12ClN5O/c1-10-19-16-18-8-12-14(22(16)20-10)6-7-21(15(12)23)9-11-4-2-3-5-13(11)17/h2-8H,9H2,1H3. The van der Waals surface area contributed by atoms with Gasteiger partial charge in [0.05, 0.1) is 17.4 Å². The number of nitrogens with zero attached hydrogens (tertiary/aromatic N) is 5. The van der Waals surface area contributed by atoms with E-state index in [-0.39, 0.29) is 5.56 Å². The Morgan fingerprint density at radius 1 is 1.22 bits per heavy atom. The largest absolute Gasteiger partial charge is 0.310 e. The van der Waals surface area contributed by atoms with Crippen LogP contribution in [0.5, 0.6) is 0 Å². The molecule has 0 bridgehead atoms. The second kappa shape index (κ2) is 5.17. The van der Waals surface area contributed by atoms with E-state index in [1.165, 1.54) is 0 Å². The molecule has 0 radical (unpaired) electrons. The first-order valence-corrected chi connectivity index (χ1v) is 7.46. The van der Waals surface area contributed by atoms with E-state index in [9.17, 15) is 4.79 Å². The minimum Gasteiger partial charge on any atom is -0.310 e. The van der Waals surface area contributed by atoms with E-state index in [4.69, 9.17) is 11.6 Å². The van der Waals surface area contributed by atoms with Crippen molar-refractivity contribution >= 4 is 28.3 Å². The van der Waals surface area contributed by atoms with E-state index in [1.54, 1.807) is 28.4 Å². The number of fused-ring (bicyclic) bond motifs is 3. The maximum Gasteiger partial charge on any atom is 0.261 e. The van der Waals surface area contributed by atoms with Crippen molar-refractivity contribution in [1.29, 1.82) is 0 Å². The van der Waals surface area contributed by atoms with Gasteiger partial charge in [0.2, 0.25) is 0 Å². The van der Waals surface area contributed by atoms with Gasteiger partial charge < -0.3 is 4.57 Å². The van der Waals surface area contributed by atoms with Crippen LogP contribution in [0, 0.1) is 6.92 Å². The van der Waals surface area contributed by atoms with Crippen LogP contribution in [0.15, 0.2) is 47.5 Å². The van der Waals surface area contributed by atoms with Gasteiger partial charge >= 0.3 is 0 Å². The molecule has 23 heavy (non-hydrogen) atoms. The van der Waals surface area contributed by atoms with E-state index >= 15 is 0 Å². The molecule has 3 aromatic heterocycles. The van der Waals surface area contributed by atoms with E-state index < -0.39 is 0 Å². The summed E-state index contributed by atoms with van der Waals surface area (Å²) < 4.78 is 3.20. The lowest BCUT2D eigenvalue weighted by atomic mass is 10.2. The minimum atomic E-state index is -0.134. The highest BCUT2D eigenvalue weighted by atomic mass is 35.5. The van der Waals surface area contributed by atoms with Gasteiger partial charge in [0, 0.05) is 17.4 Å². The van der Waals surface area contributed by atoms with Crippen molar-refractivity contribution in [3.63, 3.8) is 0 Å². The third-order valence-electron chi connectivity index (χ3n) is 3.71. The average Bonchev–Trinajstić information content (AvgIpc) is 2.92. The topological polar surface area (TPSA) is 65.1 Å². The smallest absolute Gasteiger partial charge is 0.261 e. The van der Waals surface area contributed by atoms with Crippen LogP contribution < -0.4 is 5.56 Å². The maximum absolute atomic E-state index is 12.7. The molecule has 0 amide bonds. The fraction of sp³-hybridized carbons (Fsp3) is 0.125. The van der Waals surface area contributed by atoms with Gasteiger partial charge in [-0.3, -0.25) is 4.79 Å². The van der Waals surface area contributed by atoms with Crippen molar-refractivity contribution < 1.29 is 0 Å². The molecule has 0 fully saturated rings. The summed E-state index contributed by atoms with van der Waals surface area (Å²) in [6.45, 7) is 2.20. The Morgan fingerprint density at radius 2 is 2.04 bits per heavy atom. The predicted octanol–water partition coefficient (Wildman–Crippen LogP) is 2.45. The second-order valence-corrected chi connectivity index (χ2v) is 5.68. The normalized spacial score (nSPS) is 11.4. The van der Waals surface area contributed by atoms with Crippen LogP contribution in [-0.2, 0) is 6.54 Å². The van der Waals surface area contributed by atoms with Gasteiger partial charge in [-0.25, -0.2) is 4.98 Å². The fourth-order valence-electron chi connectivity index (χ4n) is 2.59. The Bertz CT molecular complexity index is 1100. The van der Waals surface area contributed by atoms with Gasteiger partial charge in [-0.1, -0.05) is 29.8 Å². The van der Waals surface area contributed by atoms with Gasteiger partial charge in [0.25, 0.3) is 11.3 Å². The number of rotatable bonds is 2. The van der Waals surface area contributed by atoms with Crippen LogP contribution in [0.3, 0.4) is 0 Å². The molecule has 0 aliphatic carbocycles. The SMILES string of the molecule is Cc1nc2ncc3c(=O)n(Cc4ccccc4Cl)ccc3n2n1. The van der Waals surface area contributed by atoms with Crippen LogP contribution in [0.25, 0.3) is 16.7 Å². The van der Waals surface area contributed by atoms with E-state index in [0.29, 0.717) is 34.1 Å². The average molecular weight is 326 g/mol. The lowest BCUT2D eigenvalue weighted by Gasteiger charge is -2.09. The lowest BCUT2D eigenvalue weighted by Crippen LogP contribution is -2.21. The van der Waals surface area contributed by atoms with Crippen molar-refractivity contribution in [1.82, 2.24) is 24.1 Å². The highest BCUT2D eigenvalue weighted by Gasteiger charge is 2.10. The molecule has 0 atom stereocenters. The second-order valence-electron chi connectivity index (χ2n) is 5.27. The molecule has 0 aliphatic rings. The van der Waals surface area contributed by atoms with Gasteiger partial charge in [0.15, 0.2) is 0 Å². The predicted molar refractivity (Wildman–Crippen MR) is 87.8 cm³/mol. The highest BCUT2D eigenvalue weighted by Crippen LogP contribution is 2.16. The highest BCUT2D eigenvalue weighted by molar-refractivity contribution is 6.31. The summed E-state index contributed by atoms with van der Waals surface area (Å²) >= 11 is 6.18. The summed E-state index contributed by atoms with van der Waals surface area (Å²) in [5, 5.41) is 5.42. The molecular weight excluding hydrogens is 314 g/mol. The van der Waals surface area contributed by atoms with Crippen LogP contribution in [-0.4, -0.2) is 24.1 Å². The van der Waals surface area contributed by atoms with Crippen LogP contribution in [0.1, 0.15) is 11.4 Å². The summed E-state index contributed by atoms with van der Waals surface area (Å²) in [6, 6.07) is 9.32. The van der Waals surface area contributed by atoms with E-state index in [1.807, 2.05) is 30.3 Å². The fourth-order valence-corrected chi connectivity index (χ4v) is 2.79. The third-order valence-corrected chi connectivity index (χ3v) is 4.08. The van der Waals surface area contributed by atoms with Crippen LogP contribution >= 0.6 is 11.6 Å². The quantitative estimate of drug-likeness (QED) is 0.568. The first-order chi connectivity index (χ1) is 11.1.